The van der Waals surface area contributed by atoms with Gasteiger partial charge in [-0.3, -0.25) is 9.78 Å². The number of pyridine rings is 2. The largest absolute Gasteiger partial charge is 0.412 e. The first kappa shape index (κ1) is 20.3. The molecule has 0 radical (unpaired) electrons. The molecule has 5 aromatic rings. The minimum atomic E-state index is -0.470. The summed E-state index contributed by atoms with van der Waals surface area (Å²) in [6.45, 7) is 4.42. The standard InChI is InChI=1S/C24H22N8O2/c1-3-15-6-4-7-16-12-19(30-32(15)16)21-20-18(26-13-27-20)9-11-31(21)24(33)23-29-28-22(34-23)17-8-5-10-25-14(17)2/h4-8,10,12-13,21H,3,9,11H2,1-2H3,(H,26,27)/t21-/m1/s1. The van der Waals surface area contributed by atoms with Crippen molar-refractivity contribution in [1.82, 2.24) is 39.7 Å². The van der Waals surface area contributed by atoms with E-state index in [4.69, 9.17) is 9.52 Å². The maximum atomic E-state index is 13.6. The molecular weight excluding hydrogens is 432 g/mol. The predicted octanol–water partition coefficient (Wildman–Crippen LogP) is 3.16. The maximum Gasteiger partial charge on any atom is 0.312 e. The Hall–Kier alpha value is -4.34. The van der Waals surface area contributed by atoms with Crippen LogP contribution in [0.1, 0.15) is 52.1 Å². The average molecular weight is 454 g/mol. The van der Waals surface area contributed by atoms with Crippen LogP contribution >= 0.6 is 0 Å². The van der Waals surface area contributed by atoms with Crippen molar-refractivity contribution in [1.29, 1.82) is 0 Å². The number of aryl methyl sites for hydroxylation is 2. The molecule has 1 atom stereocenters. The summed E-state index contributed by atoms with van der Waals surface area (Å²) >= 11 is 0. The Morgan fingerprint density at radius 2 is 2.12 bits per heavy atom. The topological polar surface area (TPSA) is 118 Å². The molecule has 10 heteroatoms. The molecule has 5 aromatic heterocycles. The van der Waals surface area contributed by atoms with Crippen LogP contribution in [0.3, 0.4) is 0 Å². The molecule has 1 aliphatic heterocycles. The van der Waals surface area contributed by atoms with Gasteiger partial charge >= 0.3 is 11.8 Å². The number of hydrogen-bond acceptors (Lipinski definition) is 7. The van der Waals surface area contributed by atoms with Gasteiger partial charge < -0.3 is 14.3 Å². The third-order valence-electron chi connectivity index (χ3n) is 6.26. The Morgan fingerprint density at radius 1 is 1.21 bits per heavy atom. The molecule has 1 amide bonds. The van der Waals surface area contributed by atoms with Gasteiger partial charge in [-0.1, -0.05) is 13.0 Å². The lowest BCUT2D eigenvalue weighted by Crippen LogP contribution is -2.41. The monoisotopic (exact) mass is 454 g/mol. The zero-order valence-electron chi connectivity index (χ0n) is 18.8. The van der Waals surface area contributed by atoms with E-state index in [2.05, 4.69) is 32.1 Å². The Bertz CT molecular complexity index is 1510. The van der Waals surface area contributed by atoms with Crippen molar-refractivity contribution >= 4 is 11.4 Å². The SMILES string of the molecule is CCc1cccc2cc([C@@H]3c4nc[nH]c4CCN3C(=O)c3nnc(-c4cccnc4C)o3)nn12. The molecular formula is C24H22N8O2. The normalized spacial score (nSPS) is 15.6. The maximum absolute atomic E-state index is 13.6. The quantitative estimate of drug-likeness (QED) is 0.443. The molecule has 34 heavy (non-hydrogen) atoms. The van der Waals surface area contributed by atoms with Crippen LogP contribution in [0, 0.1) is 6.92 Å². The number of imidazole rings is 1. The lowest BCUT2D eigenvalue weighted by atomic mass is 9.99. The van der Waals surface area contributed by atoms with Crippen molar-refractivity contribution < 1.29 is 9.21 Å². The molecule has 0 unspecified atom stereocenters. The van der Waals surface area contributed by atoms with Crippen molar-refractivity contribution in [3.8, 4) is 11.5 Å². The minimum absolute atomic E-state index is 0.0692. The molecule has 0 saturated carbocycles. The van der Waals surface area contributed by atoms with Gasteiger partial charge in [0.05, 0.1) is 28.8 Å². The van der Waals surface area contributed by atoms with Gasteiger partial charge in [0.15, 0.2) is 0 Å². The summed E-state index contributed by atoms with van der Waals surface area (Å²) in [6.07, 6.45) is 4.85. The Morgan fingerprint density at radius 3 is 2.97 bits per heavy atom. The third-order valence-corrected chi connectivity index (χ3v) is 6.26. The summed E-state index contributed by atoms with van der Waals surface area (Å²) < 4.78 is 7.73. The van der Waals surface area contributed by atoms with Crippen LogP contribution in [0.2, 0.25) is 0 Å². The number of nitrogens with one attached hydrogen (secondary N) is 1. The van der Waals surface area contributed by atoms with E-state index in [0.717, 1.165) is 40.4 Å². The summed E-state index contributed by atoms with van der Waals surface area (Å²) in [6, 6.07) is 11.2. The summed E-state index contributed by atoms with van der Waals surface area (Å²) in [5, 5.41) is 13.0. The highest BCUT2D eigenvalue weighted by Gasteiger charge is 2.38. The van der Waals surface area contributed by atoms with Crippen LogP contribution < -0.4 is 0 Å². The Balaban J connectivity index is 1.41. The third kappa shape index (κ3) is 3.18. The first-order valence-electron chi connectivity index (χ1n) is 11.2. The first-order chi connectivity index (χ1) is 16.6. The van der Waals surface area contributed by atoms with E-state index in [0.29, 0.717) is 18.5 Å². The number of nitrogens with zero attached hydrogens (tertiary/aromatic N) is 7. The fraction of sp³-hybridized carbons (Fsp3) is 0.250. The molecule has 170 valence electrons. The number of rotatable bonds is 4. The molecule has 0 saturated heterocycles. The van der Waals surface area contributed by atoms with Crippen LogP contribution in [0.4, 0.5) is 0 Å². The number of amides is 1. The molecule has 0 fully saturated rings. The van der Waals surface area contributed by atoms with E-state index in [9.17, 15) is 4.79 Å². The lowest BCUT2D eigenvalue weighted by Gasteiger charge is -2.32. The number of H-pyrrole nitrogens is 1. The van der Waals surface area contributed by atoms with Gasteiger partial charge in [-0.15, -0.1) is 10.2 Å². The Kier molecular flexibility index (Phi) is 4.72. The van der Waals surface area contributed by atoms with Crippen LogP contribution in [-0.4, -0.2) is 52.1 Å². The van der Waals surface area contributed by atoms with Crippen molar-refractivity contribution in [2.75, 3.05) is 6.54 Å². The van der Waals surface area contributed by atoms with Crippen molar-refractivity contribution in [2.24, 2.45) is 0 Å². The van der Waals surface area contributed by atoms with E-state index in [1.165, 1.54) is 0 Å². The second kappa shape index (κ2) is 7.91. The second-order valence-electron chi connectivity index (χ2n) is 8.24. The van der Waals surface area contributed by atoms with Crippen LogP contribution in [0.15, 0.2) is 53.3 Å². The van der Waals surface area contributed by atoms with Gasteiger partial charge in [-0.2, -0.15) is 5.10 Å². The Labute approximate surface area is 194 Å². The van der Waals surface area contributed by atoms with Crippen molar-refractivity contribution in [3.05, 3.63) is 83.3 Å². The number of aromatic nitrogens is 7. The van der Waals surface area contributed by atoms with Gasteiger partial charge in [0.2, 0.25) is 5.89 Å². The highest BCUT2D eigenvalue weighted by atomic mass is 16.4. The number of fused-ring (bicyclic) bond motifs is 2. The van der Waals surface area contributed by atoms with Gasteiger partial charge in [0.25, 0.3) is 0 Å². The zero-order chi connectivity index (χ0) is 23.2. The molecule has 0 aromatic carbocycles. The highest BCUT2D eigenvalue weighted by molar-refractivity contribution is 5.90. The van der Waals surface area contributed by atoms with Crippen molar-refractivity contribution in [2.45, 2.75) is 32.7 Å². The fourth-order valence-electron chi connectivity index (χ4n) is 4.54. The fourth-order valence-corrected chi connectivity index (χ4v) is 4.54. The molecule has 10 nitrogen and oxygen atoms in total. The zero-order valence-corrected chi connectivity index (χ0v) is 18.8. The smallest absolute Gasteiger partial charge is 0.312 e. The van der Waals surface area contributed by atoms with E-state index in [1.807, 2.05) is 41.8 Å². The summed E-state index contributed by atoms with van der Waals surface area (Å²) in [5.41, 5.74) is 6.03. The van der Waals surface area contributed by atoms with Gasteiger partial charge in [-0.25, -0.2) is 9.50 Å². The lowest BCUT2D eigenvalue weighted by molar-refractivity contribution is 0.0646. The number of hydrogen-bond donors (Lipinski definition) is 1. The van der Waals surface area contributed by atoms with E-state index < -0.39 is 6.04 Å². The molecule has 6 rings (SSSR count). The summed E-state index contributed by atoms with van der Waals surface area (Å²) in [4.78, 5) is 27.3. The predicted molar refractivity (Wildman–Crippen MR) is 122 cm³/mol. The van der Waals surface area contributed by atoms with E-state index >= 15 is 0 Å². The molecule has 0 spiro atoms. The molecule has 1 N–H and O–H groups in total. The first-order valence-corrected chi connectivity index (χ1v) is 11.2. The number of aromatic amines is 1. The molecule has 0 aliphatic carbocycles. The van der Waals surface area contributed by atoms with E-state index in [-0.39, 0.29) is 17.7 Å². The average Bonchev–Trinajstić information content (AvgIpc) is 3.62. The van der Waals surface area contributed by atoms with Gasteiger partial charge in [0.1, 0.15) is 6.04 Å². The van der Waals surface area contributed by atoms with Gasteiger partial charge in [0, 0.05) is 36.2 Å². The van der Waals surface area contributed by atoms with Crippen LogP contribution in [0.25, 0.3) is 17.0 Å². The van der Waals surface area contributed by atoms with Crippen LogP contribution in [-0.2, 0) is 12.8 Å². The molecule has 6 heterocycles. The minimum Gasteiger partial charge on any atom is -0.412 e. The summed E-state index contributed by atoms with van der Waals surface area (Å²) in [7, 11) is 0. The van der Waals surface area contributed by atoms with Crippen molar-refractivity contribution in [3.63, 3.8) is 0 Å². The molecule has 0 bridgehead atoms. The van der Waals surface area contributed by atoms with Gasteiger partial charge in [-0.05, 0) is 43.7 Å². The second-order valence-corrected chi connectivity index (χ2v) is 8.24. The van der Waals surface area contributed by atoms with Crippen LogP contribution in [0.5, 0.6) is 0 Å². The molecule has 1 aliphatic rings. The highest BCUT2D eigenvalue weighted by Crippen LogP contribution is 2.34. The number of carbonyl (C=O) groups excluding carboxylic acids is 1. The van der Waals surface area contributed by atoms with E-state index in [1.54, 1.807) is 23.5 Å². The summed E-state index contributed by atoms with van der Waals surface area (Å²) in [5.74, 6) is -0.157. The number of carbonyl (C=O) groups is 1.